The summed E-state index contributed by atoms with van der Waals surface area (Å²) in [5.41, 5.74) is 1.15. The number of pyridine rings is 1. The molecule has 1 aliphatic rings. The highest BCUT2D eigenvalue weighted by Crippen LogP contribution is 2.34. The molecule has 142 valence electrons. The molecule has 4 rings (SSSR count). The number of hydrogen-bond acceptors (Lipinski definition) is 6. The summed E-state index contributed by atoms with van der Waals surface area (Å²) in [5.74, 6) is -0.968. The summed E-state index contributed by atoms with van der Waals surface area (Å²) in [7, 11) is 0. The van der Waals surface area contributed by atoms with Gasteiger partial charge in [0.15, 0.2) is 5.82 Å². The zero-order chi connectivity index (χ0) is 19.2. The standard InChI is InChI=1S/C16H15F3N6OS/c1-8-11-4-9(5-21-15(11)27-24-8)14(26)20-6-13-23-22-12-3-2-10(7-25(12)13)16(17,18)19/h4-5,10H,2-3,6-7H2,1H3,(H,20,26). The summed E-state index contributed by atoms with van der Waals surface area (Å²) < 4.78 is 44.7. The Balaban J connectivity index is 1.48. The van der Waals surface area contributed by atoms with Crippen molar-refractivity contribution in [3.63, 3.8) is 0 Å². The lowest BCUT2D eigenvalue weighted by molar-refractivity contribution is -0.182. The second-order valence-corrected chi connectivity index (χ2v) is 7.20. The molecule has 0 radical (unpaired) electrons. The zero-order valence-corrected chi connectivity index (χ0v) is 15.1. The van der Waals surface area contributed by atoms with E-state index in [-0.39, 0.29) is 31.8 Å². The lowest BCUT2D eigenvalue weighted by atomic mass is 9.99. The summed E-state index contributed by atoms with van der Waals surface area (Å²) in [6.07, 6.45) is -2.58. The average Bonchev–Trinajstić information content (AvgIpc) is 3.22. The lowest BCUT2D eigenvalue weighted by Gasteiger charge is -2.26. The molecular weight excluding hydrogens is 381 g/mol. The molecule has 0 saturated heterocycles. The van der Waals surface area contributed by atoms with Crippen LogP contribution in [0.1, 0.15) is 34.1 Å². The average molecular weight is 396 g/mol. The second-order valence-electron chi connectivity index (χ2n) is 6.45. The molecule has 3 aromatic heterocycles. The first-order valence-corrected chi connectivity index (χ1v) is 9.08. The summed E-state index contributed by atoms with van der Waals surface area (Å²) in [6, 6.07) is 1.70. The van der Waals surface area contributed by atoms with Crippen LogP contribution in [-0.4, -0.2) is 36.2 Å². The van der Waals surface area contributed by atoms with E-state index in [2.05, 4.69) is 24.9 Å². The van der Waals surface area contributed by atoms with Gasteiger partial charge in [0.25, 0.3) is 5.91 Å². The lowest BCUT2D eigenvalue weighted by Crippen LogP contribution is -2.34. The first-order chi connectivity index (χ1) is 12.8. The quantitative estimate of drug-likeness (QED) is 0.736. The largest absolute Gasteiger partial charge is 0.393 e. The molecule has 11 heteroatoms. The Morgan fingerprint density at radius 2 is 2.22 bits per heavy atom. The molecule has 1 amide bonds. The third-order valence-electron chi connectivity index (χ3n) is 4.67. The van der Waals surface area contributed by atoms with Gasteiger partial charge in [-0.15, -0.1) is 10.2 Å². The number of aromatic nitrogens is 5. The minimum atomic E-state index is -4.25. The van der Waals surface area contributed by atoms with E-state index in [0.717, 1.165) is 15.9 Å². The van der Waals surface area contributed by atoms with Gasteiger partial charge in [0.2, 0.25) is 0 Å². The number of hydrogen-bond donors (Lipinski definition) is 1. The predicted octanol–water partition coefficient (Wildman–Crippen LogP) is 2.65. The van der Waals surface area contributed by atoms with Crippen LogP contribution in [-0.2, 0) is 19.5 Å². The molecule has 0 aromatic carbocycles. The summed E-state index contributed by atoms with van der Waals surface area (Å²) in [6.45, 7) is 1.61. The van der Waals surface area contributed by atoms with E-state index in [1.807, 2.05) is 6.92 Å². The Kier molecular flexibility index (Phi) is 4.33. The third-order valence-corrected chi connectivity index (χ3v) is 5.53. The molecule has 0 spiro atoms. The van der Waals surface area contributed by atoms with Gasteiger partial charge in [0, 0.05) is 24.5 Å². The van der Waals surface area contributed by atoms with Crippen molar-refractivity contribution in [3.05, 3.63) is 35.2 Å². The Labute approximate surface area is 155 Å². The highest BCUT2D eigenvalue weighted by Gasteiger charge is 2.42. The predicted molar refractivity (Wildman–Crippen MR) is 91.2 cm³/mol. The first-order valence-electron chi connectivity index (χ1n) is 8.31. The molecule has 4 heterocycles. The van der Waals surface area contributed by atoms with Crippen LogP contribution in [0.25, 0.3) is 10.2 Å². The number of halogens is 3. The maximum absolute atomic E-state index is 13.0. The summed E-state index contributed by atoms with van der Waals surface area (Å²) >= 11 is 1.26. The number of carbonyl (C=O) groups is 1. The number of alkyl halides is 3. The Morgan fingerprint density at radius 3 is 3.00 bits per heavy atom. The van der Waals surface area contributed by atoms with Gasteiger partial charge in [-0.3, -0.25) is 4.79 Å². The first kappa shape index (κ1) is 17.8. The number of nitrogens with zero attached hydrogens (tertiary/aromatic N) is 5. The van der Waals surface area contributed by atoms with Crippen LogP contribution < -0.4 is 5.32 Å². The Hall–Kier alpha value is -2.56. The maximum atomic E-state index is 13.0. The van der Waals surface area contributed by atoms with Gasteiger partial charge in [-0.05, 0) is 30.9 Å². The molecule has 27 heavy (non-hydrogen) atoms. The zero-order valence-electron chi connectivity index (χ0n) is 14.2. The molecule has 0 aliphatic carbocycles. The van der Waals surface area contributed by atoms with Gasteiger partial charge in [0.1, 0.15) is 10.7 Å². The number of carbonyl (C=O) groups excluding carboxylic acids is 1. The minimum Gasteiger partial charge on any atom is -0.345 e. The van der Waals surface area contributed by atoms with Crippen molar-refractivity contribution in [3.8, 4) is 0 Å². The van der Waals surface area contributed by atoms with Gasteiger partial charge in [0.05, 0.1) is 23.7 Å². The van der Waals surface area contributed by atoms with Crippen LogP contribution in [0.2, 0.25) is 0 Å². The summed E-state index contributed by atoms with van der Waals surface area (Å²) in [4.78, 5) is 17.4. The van der Waals surface area contributed by atoms with E-state index in [4.69, 9.17) is 0 Å². The van der Waals surface area contributed by atoms with Gasteiger partial charge >= 0.3 is 6.18 Å². The van der Waals surface area contributed by atoms with E-state index in [0.29, 0.717) is 17.2 Å². The second kappa shape index (κ2) is 6.55. The molecule has 7 nitrogen and oxygen atoms in total. The van der Waals surface area contributed by atoms with Gasteiger partial charge < -0.3 is 9.88 Å². The number of amides is 1. The van der Waals surface area contributed by atoms with Crippen LogP contribution in [0, 0.1) is 12.8 Å². The van der Waals surface area contributed by atoms with Crippen LogP contribution in [0.4, 0.5) is 13.2 Å². The van der Waals surface area contributed by atoms with Gasteiger partial charge in [-0.2, -0.15) is 17.5 Å². The van der Waals surface area contributed by atoms with Crippen molar-refractivity contribution in [2.45, 2.75) is 39.0 Å². The van der Waals surface area contributed by atoms with Crippen LogP contribution in [0.15, 0.2) is 12.3 Å². The number of fused-ring (bicyclic) bond motifs is 2. The highest BCUT2D eigenvalue weighted by atomic mass is 32.1. The van der Waals surface area contributed by atoms with Crippen molar-refractivity contribution in [1.29, 1.82) is 0 Å². The van der Waals surface area contributed by atoms with Gasteiger partial charge in [-0.1, -0.05) is 0 Å². The molecule has 1 atom stereocenters. The highest BCUT2D eigenvalue weighted by molar-refractivity contribution is 7.12. The Morgan fingerprint density at radius 1 is 1.41 bits per heavy atom. The van der Waals surface area contributed by atoms with Crippen molar-refractivity contribution in [2.75, 3.05) is 0 Å². The normalized spacial score (nSPS) is 17.1. The van der Waals surface area contributed by atoms with Crippen LogP contribution in [0.5, 0.6) is 0 Å². The minimum absolute atomic E-state index is 0.00465. The van der Waals surface area contributed by atoms with Crippen LogP contribution in [0.3, 0.4) is 0 Å². The molecule has 1 aliphatic heterocycles. The maximum Gasteiger partial charge on any atom is 0.393 e. The fourth-order valence-corrected chi connectivity index (χ4v) is 3.84. The fourth-order valence-electron chi connectivity index (χ4n) is 3.11. The topological polar surface area (TPSA) is 85.6 Å². The van der Waals surface area contributed by atoms with Gasteiger partial charge in [-0.25, -0.2) is 4.98 Å². The van der Waals surface area contributed by atoms with Crippen molar-refractivity contribution >= 4 is 27.7 Å². The monoisotopic (exact) mass is 396 g/mol. The smallest absolute Gasteiger partial charge is 0.345 e. The van der Waals surface area contributed by atoms with E-state index in [1.54, 1.807) is 6.07 Å². The molecule has 0 fully saturated rings. The fraction of sp³-hybridized carbons (Fsp3) is 0.438. The SMILES string of the molecule is Cc1nsc2ncc(C(=O)NCc3nnc4n3CC(C(F)(F)F)CC4)cc12. The van der Waals surface area contributed by atoms with E-state index in [9.17, 15) is 18.0 Å². The Bertz CT molecular complexity index is 1010. The van der Waals surface area contributed by atoms with Crippen molar-refractivity contribution in [1.82, 2.24) is 29.4 Å². The number of nitrogens with one attached hydrogen (secondary N) is 1. The molecule has 1 N–H and O–H groups in total. The molecule has 0 bridgehead atoms. The third kappa shape index (κ3) is 3.38. The number of rotatable bonds is 3. The van der Waals surface area contributed by atoms with E-state index >= 15 is 0 Å². The van der Waals surface area contributed by atoms with Crippen LogP contribution >= 0.6 is 11.5 Å². The summed E-state index contributed by atoms with van der Waals surface area (Å²) in [5, 5.41) is 11.4. The molecule has 0 saturated carbocycles. The molecular formula is C16H15F3N6OS. The molecule has 1 unspecified atom stereocenters. The van der Waals surface area contributed by atoms with E-state index < -0.39 is 12.1 Å². The van der Waals surface area contributed by atoms with Crippen molar-refractivity contribution in [2.24, 2.45) is 5.92 Å². The number of aryl methyl sites for hydroxylation is 2. The molecule has 3 aromatic rings. The van der Waals surface area contributed by atoms with E-state index in [1.165, 1.54) is 22.3 Å². The van der Waals surface area contributed by atoms with Crippen molar-refractivity contribution < 1.29 is 18.0 Å².